The van der Waals surface area contributed by atoms with E-state index < -0.39 is 7.26 Å². The number of benzene rings is 4. The highest BCUT2D eigenvalue weighted by Crippen LogP contribution is 2.63. The normalized spacial score (nSPS) is 15.9. The van der Waals surface area contributed by atoms with Crippen LogP contribution in [0, 0.1) is 0 Å². The smallest absolute Gasteiger partial charge is 0.117 e. The summed E-state index contributed by atoms with van der Waals surface area (Å²) in [4.78, 5) is 1.34. The highest BCUT2D eigenvalue weighted by molar-refractivity contribution is 7.96. The van der Waals surface area contributed by atoms with Crippen LogP contribution in [0.15, 0.2) is 115 Å². The van der Waals surface area contributed by atoms with Crippen molar-refractivity contribution < 1.29 is 0 Å². The first-order valence-corrected chi connectivity index (χ1v) is 13.4. The molecule has 4 aromatic carbocycles. The fraction of sp³-hybridized carbons (Fsp3) is 0.0345. The van der Waals surface area contributed by atoms with E-state index in [-0.39, 0.29) is 0 Å². The van der Waals surface area contributed by atoms with Gasteiger partial charge in [-0.2, -0.15) is 0 Å². The Balaban J connectivity index is 1.59. The first kappa shape index (κ1) is 18.8. The summed E-state index contributed by atoms with van der Waals surface area (Å²) in [6, 6.07) is 42.4. The van der Waals surface area contributed by atoms with E-state index in [9.17, 15) is 0 Å². The predicted molar refractivity (Wildman–Crippen MR) is 140 cm³/mol. The maximum Gasteiger partial charge on any atom is 0.117 e. The Hall–Kier alpha value is -2.99. The molecule has 1 aliphatic rings. The molecule has 2 heterocycles. The maximum absolute atomic E-state index is 2.44. The summed E-state index contributed by atoms with van der Waals surface area (Å²) in [5.41, 5.74) is 2.88. The van der Waals surface area contributed by atoms with E-state index in [1.54, 1.807) is 0 Å². The number of hydrogen-bond donors (Lipinski definition) is 0. The number of rotatable bonds is 3. The van der Waals surface area contributed by atoms with Gasteiger partial charge in [-0.05, 0) is 53.9 Å². The predicted octanol–water partition coefficient (Wildman–Crippen LogP) is 6.75. The topological polar surface area (TPSA) is 0 Å². The zero-order valence-electron chi connectivity index (χ0n) is 17.1. The molecule has 0 nitrogen and oxygen atoms in total. The summed E-state index contributed by atoms with van der Waals surface area (Å²) in [5, 5.41) is 5.78. The molecule has 0 amide bonds. The van der Waals surface area contributed by atoms with E-state index >= 15 is 0 Å². The third-order valence-electron chi connectivity index (χ3n) is 6.22. The molecular formula is C29H22PS+. The minimum absolute atomic E-state index is 1.08. The Morgan fingerprint density at radius 3 is 1.97 bits per heavy atom. The van der Waals surface area contributed by atoms with Gasteiger partial charge in [-0.1, -0.05) is 72.8 Å². The molecule has 2 heteroatoms. The molecule has 31 heavy (non-hydrogen) atoms. The first-order chi connectivity index (χ1) is 15.3. The second kappa shape index (κ2) is 7.61. The number of fused-ring (bicyclic) bond motifs is 2. The van der Waals surface area contributed by atoms with Crippen molar-refractivity contribution in [2.45, 2.75) is 0 Å². The minimum Gasteiger partial charge on any atom is -0.136 e. The highest BCUT2D eigenvalue weighted by atomic mass is 32.1. The van der Waals surface area contributed by atoms with Gasteiger partial charge in [-0.15, -0.1) is 11.3 Å². The SMILES string of the molecule is C(=C1/C[P+](c2ccccc2)(c2ccccc2)c2ccccc21)/c1cc2ccccc2s1. The molecule has 0 N–H and O–H groups in total. The van der Waals surface area contributed by atoms with Gasteiger partial charge in [0.15, 0.2) is 0 Å². The monoisotopic (exact) mass is 433 g/mol. The Morgan fingerprint density at radius 2 is 1.26 bits per heavy atom. The lowest BCUT2D eigenvalue weighted by atomic mass is 10.1. The minimum atomic E-state index is -1.73. The van der Waals surface area contributed by atoms with Crippen LogP contribution < -0.4 is 15.9 Å². The van der Waals surface area contributed by atoms with Crippen molar-refractivity contribution >= 4 is 56.2 Å². The Bertz CT molecular complexity index is 1320. The van der Waals surface area contributed by atoms with Crippen LogP contribution in [-0.2, 0) is 0 Å². The summed E-state index contributed by atoms with van der Waals surface area (Å²) >= 11 is 1.89. The van der Waals surface area contributed by atoms with Crippen LogP contribution in [0.2, 0.25) is 0 Å². The fourth-order valence-corrected chi connectivity index (χ4v) is 10.4. The van der Waals surface area contributed by atoms with Gasteiger partial charge in [0.25, 0.3) is 0 Å². The van der Waals surface area contributed by atoms with Crippen LogP contribution in [0.25, 0.3) is 21.7 Å². The number of thiophene rings is 1. The maximum atomic E-state index is 2.44. The van der Waals surface area contributed by atoms with Gasteiger partial charge in [0.1, 0.15) is 23.2 Å². The van der Waals surface area contributed by atoms with Gasteiger partial charge < -0.3 is 0 Å². The number of allylic oxidation sites excluding steroid dienone is 1. The Morgan fingerprint density at radius 1 is 0.645 bits per heavy atom. The molecule has 1 aliphatic heterocycles. The quantitative estimate of drug-likeness (QED) is 0.276. The largest absolute Gasteiger partial charge is 0.136 e. The summed E-state index contributed by atoms with van der Waals surface area (Å²) in [7, 11) is -1.73. The second-order valence-electron chi connectivity index (χ2n) is 8.01. The van der Waals surface area contributed by atoms with E-state index in [0.717, 1.165) is 6.16 Å². The summed E-state index contributed by atoms with van der Waals surface area (Å²) in [6.45, 7) is 0. The van der Waals surface area contributed by atoms with Gasteiger partial charge in [-0.25, -0.2) is 0 Å². The van der Waals surface area contributed by atoms with Crippen molar-refractivity contribution in [1.82, 2.24) is 0 Å². The van der Waals surface area contributed by atoms with Gasteiger partial charge in [-0.3, -0.25) is 0 Å². The number of hydrogen-bond acceptors (Lipinski definition) is 1. The molecular weight excluding hydrogens is 411 g/mol. The van der Waals surface area contributed by atoms with Gasteiger partial charge >= 0.3 is 0 Å². The van der Waals surface area contributed by atoms with E-state index in [1.807, 2.05) is 11.3 Å². The molecule has 0 saturated heterocycles. The lowest BCUT2D eigenvalue weighted by Gasteiger charge is -2.23. The van der Waals surface area contributed by atoms with E-state index in [2.05, 4.69) is 121 Å². The van der Waals surface area contributed by atoms with Crippen molar-refractivity contribution in [1.29, 1.82) is 0 Å². The van der Waals surface area contributed by atoms with Crippen LogP contribution in [0.5, 0.6) is 0 Å². The molecule has 0 radical (unpaired) electrons. The van der Waals surface area contributed by atoms with Crippen molar-refractivity contribution in [3.05, 3.63) is 126 Å². The Labute approximate surface area is 187 Å². The molecule has 0 unspecified atom stereocenters. The molecule has 0 fully saturated rings. The lowest BCUT2D eigenvalue weighted by molar-refractivity contribution is 1.68. The third-order valence-corrected chi connectivity index (χ3v) is 11.7. The second-order valence-corrected chi connectivity index (χ2v) is 12.6. The summed E-state index contributed by atoms with van der Waals surface area (Å²) in [5.74, 6) is 0. The van der Waals surface area contributed by atoms with Crippen LogP contribution in [-0.4, -0.2) is 6.16 Å². The zero-order chi connectivity index (χ0) is 20.7. The molecule has 5 aromatic rings. The molecule has 148 valence electrons. The highest BCUT2D eigenvalue weighted by Gasteiger charge is 2.52. The molecule has 0 atom stereocenters. The van der Waals surface area contributed by atoms with Crippen LogP contribution in [0.3, 0.4) is 0 Å². The summed E-state index contributed by atoms with van der Waals surface area (Å²) < 4.78 is 1.35. The standard InChI is InChI=1S/C29H22PS/c1-3-12-24(13-4-1)30(25-14-5-2-6-15-25)21-23(27-16-8-9-17-28(27)30)20-26-19-22-11-7-10-18-29(22)31-26/h1-20H,21H2/q+1/b23-20+. The van der Waals surface area contributed by atoms with Crippen molar-refractivity contribution in [3.63, 3.8) is 0 Å². The molecule has 6 rings (SSSR count). The zero-order valence-corrected chi connectivity index (χ0v) is 18.8. The van der Waals surface area contributed by atoms with Crippen molar-refractivity contribution in [3.8, 4) is 0 Å². The first-order valence-electron chi connectivity index (χ1n) is 10.6. The molecule has 0 bridgehead atoms. The summed E-state index contributed by atoms with van der Waals surface area (Å²) in [6.07, 6.45) is 3.52. The van der Waals surface area contributed by atoms with E-state index in [1.165, 1.54) is 42.0 Å². The molecule has 0 aliphatic carbocycles. The molecule has 1 aromatic heterocycles. The van der Waals surface area contributed by atoms with Gasteiger partial charge in [0.05, 0.1) is 6.16 Å². The third kappa shape index (κ3) is 3.08. The van der Waals surface area contributed by atoms with Crippen LogP contribution >= 0.6 is 18.6 Å². The fourth-order valence-electron chi connectivity index (χ4n) is 4.85. The van der Waals surface area contributed by atoms with Crippen LogP contribution in [0.4, 0.5) is 0 Å². The Kier molecular flexibility index (Phi) is 4.60. The van der Waals surface area contributed by atoms with Gasteiger partial charge in [0.2, 0.25) is 0 Å². The van der Waals surface area contributed by atoms with Crippen LogP contribution in [0.1, 0.15) is 10.4 Å². The van der Waals surface area contributed by atoms with Gasteiger partial charge in [0, 0.05) is 20.7 Å². The molecule has 0 spiro atoms. The average molecular weight is 434 g/mol. The molecule has 0 saturated carbocycles. The van der Waals surface area contributed by atoms with Crippen molar-refractivity contribution in [2.24, 2.45) is 0 Å². The van der Waals surface area contributed by atoms with Crippen molar-refractivity contribution in [2.75, 3.05) is 6.16 Å². The van der Waals surface area contributed by atoms with E-state index in [4.69, 9.17) is 0 Å². The van der Waals surface area contributed by atoms with E-state index in [0.29, 0.717) is 0 Å². The average Bonchev–Trinajstić information content (AvgIpc) is 3.40. The lowest BCUT2D eigenvalue weighted by Crippen LogP contribution is -2.30.